The molecule has 0 aliphatic carbocycles. The summed E-state index contributed by atoms with van der Waals surface area (Å²) in [5, 5.41) is 7.38. The number of nitrogens with zero attached hydrogens (tertiary/aromatic N) is 2. The van der Waals surface area contributed by atoms with Crippen molar-refractivity contribution in [2.75, 3.05) is 11.1 Å². The van der Waals surface area contributed by atoms with E-state index in [4.69, 9.17) is 28.9 Å². The molecule has 2 rings (SSSR count). The molecule has 0 bridgehead atoms. The molecule has 2 aromatic rings. The van der Waals surface area contributed by atoms with Gasteiger partial charge in [0, 0.05) is 11.2 Å². The summed E-state index contributed by atoms with van der Waals surface area (Å²) >= 11 is 13.9. The number of nitrogen functional groups attached to an aromatic ring is 1. The maximum absolute atomic E-state index is 11.9. The van der Waals surface area contributed by atoms with Gasteiger partial charge in [0.25, 0.3) is 0 Å². The number of carbonyl (C=O) groups excluding carboxylic acids is 1. The van der Waals surface area contributed by atoms with E-state index in [1.165, 1.54) is 16.8 Å². The van der Waals surface area contributed by atoms with Crippen molar-refractivity contribution in [3.05, 3.63) is 38.1 Å². The SMILES string of the molecule is Nc1cc(Cl)cc(Cl)c1NC(=O)Cn1cc(I)cn1. The first kappa shape index (κ1) is 14.4. The van der Waals surface area contributed by atoms with E-state index in [9.17, 15) is 4.79 Å². The standard InChI is InChI=1S/C11H9Cl2IN4O/c12-6-1-8(13)11(9(15)2-6)17-10(19)5-18-4-7(14)3-16-18/h1-4H,5,15H2,(H,17,19). The molecule has 0 spiro atoms. The smallest absolute Gasteiger partial charge is 0.246 e. The van der Waals surface area contributed by atoms with Gasteiger partial charge in [0.15, 0.2) is 0 Å². The molecule has 8 heteroatoms. The molecule has 5 nitrogen and oxygen atoms in total. The second-order valence-electron chi connectivity index (χ2n) is 3.76. The molecular weight excluding hydrogens is 402 g/mol. The van der Waals surface area contributed by atoms with E-state index < -0.39 is 0 Å². The van der Waals surface area contributed by atoms with Crippen molar-refractivity contribution < 1.29 is 4.79 Å². The number of hydrogen-bond acceptors (Lipinski definition) is 3. The van der Waals surface area contributed by atoms with Gasteiger partial charge >= 0.3 is 0 Å². The van der Waals surface area contributed by atoms with Gasteiger partial charge in [0.05, 0.1) is 26.2 Å². The van der Waals surface area contributed by atoms with Gasteiger partial charge in [-0.2, -0.15) is 5.10 Å². The highest BCUT2D eigenvalue weighted by atomic mass is 127. The minimum Gasteiger partial charge on any atom is -0.397 e. The Hall–Kier alpha value is -0.990. The Kier molecular flexibility index (Phi) is 4.54. The van der Waals surface area contributed by atoms with Gasteiger partial charge in [0.1, 0.15) is 6.54 Å². The normalized spacial score (nSPS) is 10.5. The number of amides is 1. The lowest BCUT2D eigenvalue weighted by atomic mass is 10.2. The van der Waals surface area contributed by atoms with Gasteiger partial charge < -0.3 is 11.1 Å². The number of anilines is 2. The Morgan fingerprint density at radius 1 is 1.47 bits per heavy atom. The lowest BCUT2D eigenvalue weighted by molar-refractivity contribution is -0.116. The maximum atomic E-state index is 11.9. The van der Waals surface area contributed by atoms with E-state index in [2.05, 4.69) is 33.0 Å². The second-order valence-corrected chi connectivity index (χ2v) is 5.85. The van der Waals surface area contributed by atoms with Crippen molar-refractivity contribution in [3.63, 3.8) is 0 Å². The largest absolute Gasteiger partial charge is 0.397 e. The number of nitrogens with one attached hydrogen (secondary N) is 1. The maximum Gasteiger partial charge on any atom is 0.246 e. The number of hydrogen-bond donors (Lipinski definition) is 2. The predicted molar refractivity (Wildman–Crippen MR) is 84.4 cm³/mol. The van der Waals surface area contributed by atoms with Crippen LogP contribution in [0.25, 0.3) is 0 Å². The van der Waals surface area contributed by atoms with Crippen LogP contribution in [0, 0.1) is 3.57 Å². The molecular formula is C11H9Cl2IN4O. The number of carbonyl (C=O) groups is 1. The third-order valence-corrected chi connectivity index (χ3v) is 3.33. The van der Waals surface area contributed by atoms with Gasteiger partial charge in [-0.1, -0.05) is 23.2 Å². The summed E-state index contributed by atoms with van der Waals surface area (Å²) in [5.41, 5.74) is 6.44. The third-order valence-electron chi connectivity index (χ3n) is 2.26. The average Bonchev–Trinajstić information content (AvgIpc) is 2.69. The first-order valence-corrected chi connectivity index (χ1v) is 7.01. The topological polar surface area (TPSA) is 72.9 Å². The highest BCUT2D eigenvalue weighted by molar-refractivity contribution is 14.1. The zero-order chi connectivity index (χ0) is 14.0. The van der Waals surface area contributed by atoms with Gasteiger partial charge in [0.2, 0.25) is 5.91 Å². The molecule has 19 heavy (non-hydrogen) atoms. The van der Waals surface area contributed by atoms with Crippen LogP contribution in [-0.4, -0.2) is 15.7 Å². The van der Waals surface area contributed by atoms with Gasteiger partial charge in [-0.3, -0.25) is 9.48 Å². The van der Waals surface area contributed by atoms with Crippen molar-refractivity contribution in [2.45, 2.75) is 6.54 Å². The van der Waals surface area contributed by atoms with Crippen molar-refractivity contribution in [3.8, 4) is 0 Å². The van der Waals surface area contributed by atoms with Crippen molar-refractivity contribution in [1.82, 2.24) is 9.78 Å². The molecule has 0 aliphatic heterocycles. The fourth-order valence-electron chi connectivity index (χ4n) is 1.48. The number of benzene rings is 1. The van der Waals surface area contributed by atoms with Crippen LogP contribution in [0.3, 0.4) is 0 Å². The minimum atomic E-state index is -0.268. The average molecular weight is 411 g/mol. The quantitative estimate of drug-likeness (QED) is 0.603. The molecule has 0 unspecified atom stereocenters. The fraction of sp³-hybridized carbons (Fsp3) is 0.0909. The predicted octanol–water partition coefficient (Wildman–Crippen LogP) is 3.02. The van der Waals surface area contributed by atoms with Crippen LogP contribution < -0.4 is 11.1 Å². The van der Waals surface area contributed by atoms with Crippen LogP contribution in [0.15, 0.2) is 24.5 Å². The minimum absolute atomic E-state index is 0.0847. The van der Waals surface area contributed by atoms with E-state index in [1.54, 1.807) is 12.4 Å². The van der Waals surface area contributed by atoms with Crippen LogP contribution >= 0.6 is 45.8 Å². The number of halogens is 3. The zero-order valence-electron chi connectivity index (χ0n) is 9.53. The molecule has 0 radical (unpaired) electrons. The van der Waals surface area contributed by atoms with E-state index >= 15 is 0 Å². The molecule has 1 heterocycles. The Morgan fingerprint density at radius 3 is 2.79 bits per heavy atom. The summed E-state index contributed by atoms with van der Waals surface area (Å²) in [6.07, 6.45) is 3.42. The Labute approximate surface area is 133 Å². The van der Waals surface area contributed by atoms with Crippen molar-refractivity contribution in [2.24, 2.45) is 0 Å². The molecule has 1 aromatic carbocycles. The molecule has 0 atom stereocenters. The first-order chi connectivity index (χ1) is 8.95. The summed E-state index contributed by atoms with van der Waals surface area (Å²) in [4.78, 5) is 11.9. The van der Waals surface area contributed by atoms with Crippen molar-refractivity contribution >= 4 is 63.1 Å². The number of nitrogens with two attached hydrogens (primary N) is 1. The van der Waals surface area contributed by atoms with Crippen LogP contribution in [0.1, 0.15) is 0 Å². The van der Waals surface area contributed by atoms with E-state index in [0.717, 1.165) is 3.57 Å². The number of rotatable bonds is 3. The van der Waals surface area contributed by atoms with Gasteiger partial charge in [-0.05, 0) is 34.7 Å². The fourth-order valence-corrected chi connectivity index (χ4v) is 2.48. The molecule has 0 saturated carbocycles. The first-order valence-electron chi connectivity index (χ1n) is 5.18. The molecule has 0 fully saturated rings. The highest BCUT2D eigenvalue weighted by Gasteiger charge is 2.11. The molecule has 100 valence electrons. The zero-order valence-corrected chi connectivity index (χ0v) is 13.2. The molecule has 1 aromatic heterocycles. The lowest BCUT2D eigenvalue weighted by Crippen LogP contribution is -2.20. The third kappa shape index (κ3) is 3.74. The van der Waals surface area contributed by atoms with Crippen molar-refractivity contribution in [1.29, 1.82) is 0 Å². The monoisotopic (exact) mass is 410 g/mol. The lowest BCUT2D eigenvalue weighted by Gasteiger charge is -2.10. The van der Waals surface area contributed by atoms with Crippen LogP contribution in [-0.2, 0) is 11.3 Å². The summed E-state index contributed by atoms with van der Waals surface area (Å²) in [7, 11) is 0. The Morgan fingerprint density at radius 2 is 2.21 bits per heavy atom. The Balaban J connectivity index is 2.11. The van der Waals surface area contributed by atoms with Gasteiger partial charge in [-0.25, -0.2) is 0 Å². The van der Waals surface area contributed by atoms with Gasteiger partial charge in [-0.15, -0.1) is 0 Å². The summed E-state index contributed by atoms with van der Waals surface area (Å²) in [5.74, 6) is -0.268. The van der Waals surface area contributed by atoms with E-state index in [1.807, 2.05) is 0 Å². The molecule has 0 aliphatic rings. The summed E-state index contributed by atoms with van der Waals surface area (Å²) in [6, 6.07) is 3.05. The van der Waals surface area contributed by atoms with E-state index in [0.29, 0.717) is 21.4 Å². The van der Waals surface area contributed by atoms with Crippen LogP contribution in [0.4, 0.5) is 11.4 Å². The van der Waals surface area contributed by atoms with E-state index in [-0.39, 0.29) is 12.5 Å². The molecule has 0 saturated heterocycles. The van der Waals surface area contributed by atoms with Crippen LogP contribution in [0.2, 0.25) is 10.0 Å². The second kappa shape index (κ2) is 5.98. The highest BCUT2D eigenvalue weighted by Crippen LogP contribution is 2.31. The van der Waals surface area contributed by atoms with Crippen LogP contribution in [0.5, 0.6) is 0 Å². The summed E-state index contributed by atoms with van der Waals surface area (Å²) < 4.78 is 2.48. The number of aromatic nitrogens is 2. The molecule has 1 amide bonds. The Bertz CT molecular complexity index is 606. The summed E-state index contributed by atoms with van der Waals surface area (Å²) in [6.45, 7) is 0.0847. The molecule has 3 N–H and O–H groups in total.